The number of carbonyl (C=O) groups excluding carboxylic acids is 4. The summed E-state index contributed by atoms with van der Waals surface area (Å²) in [7, 11) is 0. The maximum Gasteiger partial charge on any atom is 0.328 e. The summed E-state index contributed by atoms with van der Waals surface area (Å²) in [5, 5.41) is 13.5. The number of amides is 5. The van der Waals surface area contributed by atoms with Gasteiger partial charge in [0.2, 0.25) is 5.91 Å². The van der Waals surface area contributed by atoms with Crippen molar-refractivity contribution in [1.82, 2.24) is 20.5 Å². The van der Waals surface area contributed by atoms with Gasteiger partial charge < -0.3 is 9.80 Å². The average molecular weight is 515 g/mol. The van der Waals surface area contributed by atoms with Crippen molar-refractivity contribution >= 4 is 35.6 Å². The molecule has 0 unspecified atom stereocenters. The number of rotatable bonds is 8. The quantitative estimate of drug-likeness (QED) is 0.408. The molecule has 38 heavy (non-hydrogen) atoms. The largest absolute Gasteiger partial charge is 0.355 e. The first kappa shape index (κ1) is 26.5. The Morgan fingerprint density at radius 1 is 1.13 bits per heavy atom. The highest BCUT2D eigenvalue weighted by molar-refractivity contribution is 6.31. The number of imide groups is 2. The molecule has 2 fully saturated rings. The Morgan fingerprint density at radius 3 is 2.45 bits per heavy atom. The van der Waals surface area contributed by atoms with E-state index in [-0.39, 0.29) is 17.5 Å². The predicted molar refractivity (Wildman–Crippen MR) is 140 cm³/mol. The van der Waals surface area contributed by atoms with Gasteiger partial charge in [0.05, 0.1) is 5.56 Å². The fraction of sp³-hybridized carbons (Fsp3) is 0.357. The Labute approximate surface area is 221 Å². The molecule has 1 aromatic carbocycles. The van der Waals surface area contributed by atoms with Crippen molar-refractivity contribution in [2.75, 3.05) is 18.0 Å². The maximum absolute atomic E-state index is 13.2. The molecule has 2 aliphatic rings. The molecular weight excluding hydrogens is 484 g/mol. The van der Waals surface area contributed by atoms with Crippen LogP contribution >= 0.6 is 0 Å². The molecule has 10 nitrogen and oxygen atoms in total. The Kier molecular flexibility index (Phi) is 8.48. The zero-order valence-electron chi connectivity index (χ0n) is 21.3. The molecule has 4 rings (SSSR count). The lowest BCUT2D eigenvalue weighted by Gasteiger charge is -2.39. The van der Waals surface area contributed by atoms with Crippen molar-refractivity contribution in [3.8, 4) is 6.07 Å². The van der Waals surface area contributed by atoms with Crippen LogP contribution in [0.5, 0.6) is 0 Å². The number of nitrogens with zero attached hydrogens (tertiary/aromatic N) is 4. The maximum atomic E-state index is 13.2. The summed E-state index contributed by atoms with van der Waals surface area (Å²) in [5.41, 5.74) is 1.97. The summed E-state index contributed by atoms with van der Waals surface area (Å²) in [5.74, 6) is -0.678. The third-order valence-electron chi connectivity index (χ3n) is 6.76. The van der Waals surface area contributed by atoms with E-state index in [1.54, 1.807) is 30.5 Å². The fourth-order valence-electron chi connectivity index (χ4n) is 4.71. The first-order chi connectivity index (χ1) is 18.4. The van der Waals surface area contributed by atoms with Gasteiger partial charge in [-0.2, -0.15) is 5.26 Å². The van der Waals surface area contributed by atoms with Gasteiger partial charge in [0, 0.05) is 38.3 Å². The minimum atomic E-state index is -0.836. The molecule has 0 atom stereocenters. The van der Waals surface area contributed by atoms with E-state index in [0.29, 0.717) is 43.0 Å². The van der Waals surface area contributed by atoms with Crippen LogP contribution in [0.25, 0.3) is 6.08 Å². The van der Waals surface area contributed by atoms with Gasteiger partial charge in [0.1, 0.15) is 17.5 Å². The number of unbranched alkanes of at least 4 members (excludes halogenated alkanes) is 1. The highest BCUT2D eigenvalue weighted by Gasteiger charge is 2.30. The Bertz CT molecular complexity index is 1270. The number of aromatic nitrogens is 1. The van der Waals surface area contributed by atoms with Crippen LogP contribution in [0.3, 0.4) is 0 Å². The van der Waals surface area contributed by atoms with Gasteiger partial charge in [-0.1, -0.05) is 37.6 Å². The monoisotopic (exact) mass is 514 g/mol. The molecule has 3 heterocycles. The zero-order valence-corrected chi connectivity index (χ0v) is 21.3. The summed E-state index contributed by atoms with van der Waals surface area (Å²) in [6.45, 7) is 3.92. The van der Waals surface area contributed by atoms with Crippen LogP contribution in [0, 0.1) is 11.3 Å². The molecule has 10 heteroatoms. The van der Waals surface area contributed by atoms with Crippen molar-refractivity contribution in [2.45, 2.75) is 51.6 Å². The number of anilines is 1. The normalized spacial score (nSPS) is 15.9. The lowest BCUT2D eigenvalue weighted by Crippen LogP contribution is -2.51. The minimum Gasteiger partial charge on any atom is -0.355 e. The Hall–Kier alpha value is -4.52. The molecule has 0 saturated carbocycles. The number of nitriles is 1. The second-order valence-electron chi connectivity index (χ2n) is 9.37. The van der Waals surface area contributed by atoms with Crippen molar-refractivity contribution in [2.24, 2.45) is 0 Å². The topological polar surface area (TPSA) is 136 Å². The summed E-state index contributed by atoms with van der Waals surface area (Å²) in [6, 6.07) is 12.3. The highest BCUT2D eigenvalue weighted by Crippen LogP contribution is 2.26. The average Bonchev–Trinajstić information content (AvgIpc) is 2.93. The summed E-state index contributed by atoms with van der Waals surface area (Å²) < 4.78 is 0. The van der Waals surface area contributed by atoms with E-state index >= 15 is 0 Å². The SMILES string of the molecule is CCCCC(=O)N(Cc1ccc(C=C2C(=O)NC(=O)NC2=O)cc1)C1CCN(c2ncccc2C#N)CC1. The van der Waals surface area contributed by atoms with Gasteiger partial charge in [-0.25, -0.2) is 9.78 Å². The summed E-state index contributed by atoms with van der Waals surface area (Å²) in [4.78, 5) is 56.9. The molecule has 0 radical (unpaired) electrons. The number of hydrogen-bond acceptors (Lipinski definition) is 7. The molecule has 2 aromatic rings. The van der Waals surface area contributed by atoms with Gasteiger partial charge >= 0.3 is 6.03 Å². The second-order valence-corrected chi connectivity index (χ2v) is 9.37. The number of carbonyl (C=O) groups is 4. The molecule has 5 amide bonds. The molecule has 0 aliphatic carbocycles. The molecule has 2 aliphatic heterocycles. The van der Waals surface area contributed by atoms with Gasteiger partial charge in [-0.05, 0) is 48.6 Å². The molecule has 1 aromatic heterocycles. The summed E-state index contributed by atoms with van der Waals surface area (Å²) in [6.07, 6.45) is 6.90. The third-order valence-corrected chi connectivity index (χ3v) is 6.76. The third kappa shape index (κ3) is 6.24. The van der Waals surface area contributed by atoms with E-state index in [2.05, 4.69) is 33.5 Å². The van der Waals surface area contributed by atoms with Crippen LogP contribution < -0.4 is 15.5 Å². The van der Waals surface area contributed by atoms with Crippen molar-refractivity contribution in [1.29, 1.82) is 5.26 Å². The van der Waals surface area contributed by atoms with E-state index in [4.69, 9.17) is 0 Å². The standard InChI is InChI=1S/C28H30N6O4/c1-2-3-6-24(35)34(22-11-14-33(15-12-22)25-21(17-29)5-4-13-30-25)18-20-9-7-19(8-10-20)16-23-26(36)31-28(38)32-27(23)37/h4-5,7-10,13,16,22H,2-3,6,11-12,14-15,18H2,1H3,(H2,31,32,36,37,38). The molecule has 0 bridgehead atoms. The van der Waals surface area contributed by atoms with Crippen LogP contribution in [0.1, 0.15) is 55.7 Å². The molecule has 196 valence electrons. The predicted octanol–water partition coefficient (Wildman–Crippen LogP) is 2.89. The van der Waals surface area contributed by atoms with Crippen LogP contribution in [0.15, 0.2) is 48.2 Å². The lowest BCUT2D eigenvalue weighted by atomic mass is 10.00. The van der Waals surface area contributed by atoms with E-state index in [0.717, 1.165) is 31.2 Å². The van der Waals surface area contributed by atoms with Crippen LogP contribution in [-0.4, -0.2) is 52.8 Å². The van der Waals surface area contributed by atoms with E-state index in [9.17, 15) is 24.4 Å². The van der Waals surface area contributed by atoms with Crippen LogP contribution in [-0.2, 0) is 20.9 Å². The number of nitrogens with one attached hydrogen (secondary N) is 2. The van der Waals surface area contributed by atoms with E-state index in [1.165, 1.54) is 6.08 Å². The summed E-state index contributed by atoms with van der Waals surface area (Å²) >= 11 is 0. The number of pyridine rings is 1. The van der Waals surface area contributed by atoms with Crippen molar-refractivity contribution in [3.05, 3.63) is 64.9 Å². The number of hydrogen-bond donors (Lipinski definition) is 2. The fourth-order valence-corrected chi connectivity index (χ4v) is 4.71. The Morgan fingerprint density at radius 2 is 1.82 bits per heavy atom. The molecular formula is C28H30N6O4. The van der Waals surface area contributed by atoms with Gasteiger partial charge in [-0.3, -0.25) is 25.0 Å². The first-order valence-corrected chi connectivity index (χ1v) is 12.8. The van der Waals surface area contributed by atoms with Crippen molar-refractivity contribution < 1.29 is 19.2 Å². The zero-order chi connectivity index (χ0) is 27.1. The van der Waals surface area contributed by atoms with Crippen molar-refractivity contribution in [3.63, 3.8) is 0 Å². The smallest absolute Gasteiger partial charge is 0.328 e. The molecule has 2 saturated heterocycles. The molecule has 0 spiro atoms. The van der Waals surface area contributed by atoms with Crippen LogP contribution in [0.4, 0.5) is 10.6 Å². The number of urea groups is 1. The second kappa shape index (κ2) is 12.1. The van der Waals surface area contributed by atoms with E-state index in [1.807, 2.05) is 17.0 Å². The number of barbiturate groups is 1. The van der Waals surface area contributed by atoms with E-state index < -0.39 is 17.8 Å². The van der Waals surface area contributed by atoms with Gasteiger partial charge in [0.15, 0.2) is 0 Å². The van der Waals surface area contributed by atoms with Crippen LogP contribution in [0.2, 0.25) is 0 Å². The number of piperidine rings is 1. The highest BCUT2D eigenvalue weighted by atomic mass is 16.2. The lowest BCUT2D eigenvalue weighted by molar-refractivity contribution is -0.135. The number of benzene rings is 1. The molecule has 2 N–H and O–H groups in total. The van der Waals surface area contributed by atoms with Gasteiger partial charge in [-0.15, -0.1) is 0 Å². The Balaban J connectivity index is 1.46. The first-order valence-electron chi connectivity index (χ1n) is 12.8. The van der Waals surface area contributed by atoms with Gasteiger partial charge in [0.25, 0.3) is 11.8 Å². The minimum absolute atomic E-state index is 0.0683.